The average molecular weight is 500 g/mol. The van der Waals surface area contributed by atoms with Gasteiger partial charge in [0.2, 0.25) is 0 Å². The molecule has 1 aliphatic heterocycles. The van der Waals surface area contributed by atoms with E-state index in [1.54, 1.807) is 12.4 Å². The number of benzene rings is 2. The predicted molar refractivity (Wildman–Crippen MR) is 135 cm³/mol. The number of hydrogen-bond donors (Lipinski definition) is 1. The predicted octanol–water partition coefficient (Wildman–Crippen LogP) is 6.08. The Bertz CT molecular complexity index is 1340. The molecule has 9 heteroatoms. The van der Waals surface area contributed by atoms with Gasteiger partial charge in [-0.15, -0.1) is 0 Å². The molecule has 1 saturated heterocycles. The number of fused-ring (bicyclic) bond motifs is 2. The minimum Gasteiger partial charge on any atom is -0.384 e. The van der Waals surface area contributed by atoms with Crippen LogP contribution >= 0.6 is 11.6 Å². The van der Waals surface area contributed by atoms with Gasteiger partial charge in [0.25, 0.3) is 0 Å². The molecule has 4 aromatic rings. The van der Waals surface area contributed by atoms with Crippen molar-refractivity contribution in [2.45, 2.75) is 12.6 Å². The van der Waals surface area contributed by atoms with Gasteiger partial charge in [0.05, 0.1) is 16.6 Å². The first kappa shape index (κ1) is 23.6. The van der Waals surface area contributed by atoms with Gasteiger partial charge in [0.15, 0.2) is 0 Å². The largest absolute Gasteiger partial charge is 0.416 e. The lowest BCUT2D eigenvalue weighted by Gasteiger charge is -2.36. The highest BCUT2D eigenvalue weighted by Gasteiger charge is 2.31. The second kappa shape index (κ2) is 9.87. The van der Waals surface area contributed by atoms with E-state index in [0.29, 0.717) is 10.5 Å². The highest BCUT2D eigenvalue weighted by atomic mass is 35.5. The van der Waals surface area contributed by atoms with E-state index in [1.165, 1.54) is 6.07 Å². The van der Waals surface area contributed by atoms with Gasteiger partial charge in [-0.05, 0) is 55.4 Å². The molecule has 1 aliphatic rings. The standard InChI is InChI=1S/C26H25ClF3N5/c27-19-3-5-20-22(6-9-32-24(20)17-19)31-8-1-11-34-12-14-35(15-13-34)25-7-10-33-23-16-18(26(28,29)30)2-4-21(23)25/h2-7,9-10,16-17H,1,8,11-15H2,(H,31,32). The lowest BCUT2D eigenvalue weighted by atomic mass is 10.1. The lowest BCUT2D eigenvalue weighted by Crippen LogP contribution is -2.46. The van der Waals surface area contributed by atoms with Crippen LogP contribution in [0.1, 0.15) is 12.0 Å². The Morgan fingerprint density at radius 2 is 1.57 bits per heavy atom. The Labute approximate surface area is 206 Å². The Kier molecular flexibility index (Phi) is 6.67. The van der Waals surface area contributed by atoms with E-state index >= 15 is 0 Å². The van der Waals surface area contributed by atoms with Gasteiger partial charge in [0.1, 0.15) is 0 Å². The third kappa shape index (κ3) is 5.28. The number of halogens is 4. The summed E-state index contributed by atoms with van der Waals surface area (Å²) in [5, 5.41) is 5.99. The van der Waals surface area contributed by atoms with Gasteiger partial charge in [-0.1, -0.05) is 17.7 Å². The SMILES string of the molecule is FC(F)(F)c1ccc2c(N3CCN(CCCNc4ccnc5cc(Cl)ccc45)CC3)ccnc2c1. The van der Waals surface area contributed by atoms with Crippen molar-refractivity contribution in [3.8, 4) is 0 Å². The Balaban J connectivity index is 1.15. The van der Waals surface area contributed by atoms with Crippen molar-refractivity contribution < 1.29 is 13.2 Å². The molecule has 1 fully saturated rings. The third-order valence-electron chi connectivity index (χ3n) is 6.43. The number of alkyl halides is 3. The first-order valence-electron chi connectivity index (χ1n) is 11.6. The van der Waals surface area contributed by atoms with Gasteiger partial charge < -0.3 is 10.2 Å². The molecule has 3 heterocycles. The van der Waals surface area contributed by atoms with Gasteiger partial charge >= 0.3 is 6.18 Å². The Morgan fingerprint density at radius 1 is 0.857 bits per heavy atom. The van der Waals surface area contributed by atoms with E-state index in [-0.39, 0.29) is 0 Å². The van der Waals surface area contributed by atoms with Crippen LogP contribution in [0.4, 0.5) is 24.5 Å². The quantitative estimate of drug-likeness (QED) is 0.326. The third-order valence-corrected chi connectivity index (χ3v) is 6.67. The summed E-state index contributed by atoms with van der Waals surface area (Å²) in [6.07, 6.45) is -0.0000426. The maximum Gasteiger partial charge on any atom is 0.416 e. The van der Waals surface area contributed by atoms with Crippen LogP contribution in [0, 0.1) is 0 Å². The first-order chi connectivity index (χ1) is 16.9. The Morgan fingerprint density at radius 3 is 2.34 bits per heavy atom. The summed E-state index contributed by atoms with van der Waals surface area (Å²) in [5.41, 5.74) is 2.56. The number of aromatic nitrogens is 2. The van der Waals surface area contributed by atoms with E-state index in [2.05, 4.69) is 25.1 Å². The molecule has 5 rings (SSSR count). The van der Waals surface area contributed by atoms with Crippen LogP contribution in [-0.4, -0.2) is 54.1 Å². The number of anilines is 2. The molecule has 182 valence electrons. The van der Waals surface area contributed by atoms with E-state index in [1.807, 2.05) is 30.3 Å². The van der Waals surface area contributed by atoms with Crippen LogP contribution in [0.3, 0.4) is 0 Å². The zero-order chi connectivity index (χ0) is 24.4. The molecule has 0 unspecified atom stereocenters. The summed E-state index contributed by atoms with van der Waals surface area (Å²) in [5.74, 6) is 0. The zero-order valence-electron chi connectivity index (χ0n) is 19.0. The van der Waals surface area contributed by atoms with Crippen LogP contribution in [-0.2, 0) is 6.18 Å². The van der Waals surface area contributed by atoms with Crippen LogP contribution in [0.15, 0.2) is 60.9 Å². The fraction of sp³-hybridized carbons (Fsp3) is 0.308. The smallest absolute Gasteiger partial charge is 0.384 e. The van der Waals surface area contributed by atoms with E-state index in [9.17, 15) is 13.2 Å². The molecule has 0 bridgehead atoms. The summed E-state index contributed by atoms with van der Waals surface area (Å²) in [4.78, 5) is 13.2. The molecule has 0 atom stereocenters. The first-order valence-corrected chi connectivity index (χ1v) is 12.0. The second-order valence-corrected chi connectivity index (χ2v) is 9.13. The maximum atomic E-state index is 13.1. The fourth-order valence-corrected chi connectivity index (χ4v) is 4.76. The van der Waals surface area contributed by atoms with Crippen molar-refractivity contribution in [2.75, 3.05) is 49.5 Å². The van der Waals surface area contributed by atoms with Crippen molar-refractivity contribution >= 4 is 44.8 Å². The number of pyridine rings is 2. The summed E-state index contributed by atoms with van der Waals surface area (Å²) in [6.45, 7) is 5.27. The van der Waals surface area contributed by atoms with Crippen LogP contribution in [0.2, 0.25) is 5.02 Å². The van der Waals surface area contributed by atoms with Crippen LogP contribution in [0.25, 0.3) is 21.8 Å². The van der Waals surface area contributed by atoms with Crippen LogP contribution < -0.4 is 10.2 Å². The molecule has 0 amide bonds. The van der Waals surface area contributed by atoms with Crippen molar-refractivity contribution in [2.24, 2.45) is 0 Å². The number of nitrogens with zero attached hydrogens (tertiary/aromatic N) is 4. The normalized spacial score (nSPS) is 15.1. The average Bonchev–Trinajstić information content (AvgIpc) is 2.85. The molecule has 0 radical (unpaired) electrons. The molecule has 0 spiro atoms. The van der Waals surface area contributed by atoms with E-state index < -0.39 is 11.7 Å². The minimum atomic E-state index is -4.37. The van der Waals surface area contributed by atoms with Crippen LogP contribution in [0.5, 0.6) is 0 Å². The van der Waals surface area contributed by atoms with Gasteiger partial charge in [-0.25, -0.2) is 0 Å². The molecule has 0 saturated carbocycles. The number of nitrogens with one attached hydrogen (secondary N) is 1. The summed E-state index contributed by atoms with van der Waals surface area (Å²) in [7, 11) is 0. The molecular weight excluding hydrogens is 475 g/mol. The molecule has 2 aromatic carbocycles. The zero-order valence-corrected chi connectivity index (χ0v) is 19.8. The molecule has 5 nitrogen and oxygen atoms in total. The molecule has 2 aromatic heterocycles. The topological polar surface area (TPSA) is 44.3 Å². The molecule has 35 heavy (non-hydrogen) atoms. The van der Waals surface area contributed by atoms with E-state index in [4.69, 9.17) is 11.6 Å². The summed E-state index contributed by atoms with van der Waals surface area (Å²) in [6, 6.07) is 13.4. The van der Waals surface area contributed by atoms with Crippen molar-refractivity contribution in [1.82, 2.24) is 14.9 Å². The van der Waals surface area contributed by atoms with Gasteiger partial charge in [0, 0.05) is 72.3 Å². The van der Waals surface area contributed by atoms with Crippen molar-refractivity contribution in [3.63, 3.8) is 0 Å². The highest BCUT2D eigenvalue weighted by Crippen LogP contribution is 2.33. The number of hydrogen-bond acceptors (Lipinski definition) is 5. The fourth-order valence-electron chi connectivity index (χ4n) is 4.60. The highest BCUT2D eigenvalue weighted by molar-refractivity contribution is 6.31. The second-order valence-electron chi connectivity index (χ2n) is 8.69. The maximum absolute atomic E-state index is 13.1. The minimum absolute atomic E-state index is 0.372. The van der Waals surface area contributed by atoms with E-state index in [0.717, 1.165) is 85.5 Å². The van der Waals surface area contributed by atoms with Gasteiger partial charge in [-0.2, -0.15) is 13.2 Å². The lowest BCUT2D eigenvalue weighted by molar-refractivity contribution is -0.137. The molecule has 1 N–H and O–H groups in total. The molecular formula is C26H25ClF3N5. The number of rotatable bonds is 6. The number of piperazine rings is 1. The van der Waals surface area contributed by atoms with Gasteiger partial charge in [-0.3, -0.25) is 14.9 Å². The van der Waals surface area contributed by atoms with Crippen molar-refractivity contribution in [1.29, 1.82) is 0 Å². The monoisotopic (exact) mass is 499 g/mol. The van der Waals surface area contributed by atoms with Crippen molar-refractivity contribution in [3.05, 3.63) is 71.5 Å². The summed E-state index contributed by atoms with van der Waals surface area (Å²) < 4.78 is 39.2. The molecule has 0 aliphatic carbocycles. The Hall–Kier alpha value is -3.10. The summed E-state index contributed by atoms with van der Waals surface area (Å²) >= 11 is 6.07.